The van der Waals surface area contributed by atoms with Crippen molar-refractivity contribution in [3.63, 3.8) is 0 Å². The molecule has 0 aliphatic heterocycles. The highest BCUT2D eigenvalue weighted by Crippen LogP contribution is 2.23. The fourth-order valence-corrected chi connectivity index (χ4v) is 2.54. The first-order valence-electron chi connectivity index (χ1n) is 7.45. The van der Waals surface area contributed by atoms with Crippen LogP contribution in [0.3, 0.4) is 0 Å². The summed E-state index contributed by atoms with van der Waals surface area (Å²) in [5.41, 5.74) is 2.32. The molecule has 3 rings (SSSR count). The van der Waals surface area contributed by atoms with E-state index in [9.17, 15) is 0 Å². The van der Waals surface area contributed by atoms with E-state index >= 15 is 0 Å². The van der Waals surface area contributed by atoms with Crippen molar-refractivity contribution in [3.05, 3.63) is 70.7 Å². The van der Waals surface area contributed by atoms with E-state index in [0.717, 1.165) is 17.1 Å². The van der Waals surface area contributed by atoms with Crippen molar-refractivity contribution < 1.29 is 4.74 Å². The van der Waals surface area contributed by atoms with Crippen LogP contribution in [0.2, 0.25) is 5.02 Å². The van der Waals surface area contributed by atoms with Gasteiger partial charge in [-0.15, -0.1) is 0 Å². The van der Waals surface area contributed by atoms with Crippen LogP contribution in [0, 0.1) is 0 Å². The molecule has 110 valence electrons. The molecule has 1 fully saturated rings. The molecule has 1 atom stereocenters. The molecular formula is C18H20ClNO. The second kappa shape index (κ2) is 7.08. The molecule has 2 nitrogen and oxygen atoms in total. The summed E-state index contributed by atoms with van der Waals surface area (Å²) in [5, 5.41) is 4.30. The van der Waals surface area contributed by atoms with E-state index < -0.39 is 0 Å². The number of halogens is 1. The second-order valence-corrected chi connectivity index (χ2v) is 5.96. The first-order valence-corrected chi connectivity index (χ1v) is 7.83. The molecule has 0 aromatic heterocycles. The summed E-state index contributed by atoms with van der Waals surface area (Å²) in [6.07, 6.45) is 2.65. The molecule has 0 bridgehead atoms. The van der Waals surface area contributed by atoms with Crippen LogP contribution in [-0.4, -0.2) is 12.6 Å². The number of benzene rings is 2. The maximum absolute atomic E-state index is 6.13. The van der Waals surface area contributed by atoms with Crippen molar-refractivity contribution in [2.75, 3.05) is 6.54 Å². The van der Waals surface area contributed by atoms with Gasteiger partial charge in [-0.2, -0.15) is 0 Å². The summed E-state index contributed by atoms with van der Waals surface area (Å²) in [4.78, 5) is 0. The Kier molecular flexibility index (Phi) is 4.91. The lowest BCUT2D eigenvalue weighted by Gasteiger charge is -2.19. The van der Waals surface area contributed by atoms with Crippen molar-refractivity contribution in [2.24, 2.45) is 0 Å². The molecule has 2 aromatic carbocycles. The summed E-state index contributed by atoms with van der Waals surface area (Å²) in [6, 6.07) is 18.9. The van der Waals surface area contributed by atoms with Crippen LogP contribution in [0.1, 0.15) is 30.1 Å². The molecule has 3 heteroatoms. The molecule has 0 amide bonds. The van der Waals surface area contributed by atoms with Crippen LogP contribution in [0.5, 0.6) is 0 Å². The van der Waals surface area contributed by atoms with Gasteiger partial charge in [0.05, 0.1) is 12.7 Å². The SMILES string of the molecule is Clc1cccc(COC(CNC2CC2)c2ccccc2)c1. The Morgan fingerprint density at radius 2 is 1.90 bits per heavy atom. The zero-order valence-electron chi connectivity index (χ0n) is 12.0. The zero-order chi connectivity index (χ0) is 14.5. The highest BCUT2D eigenvalue weighted by molar-refractivity contribution is 6.30. The zero-order valence-corrected chi connectivity index (χ0v) is 12.7. The Bertz CT molecular complexity index is 568. The number of rotatable bonds is 7. The molecule has 1 unspecified atom stereocenters. The predicted molar refractivity (Wildman–Crippen MR) is 86.4 cm³/mol. The number of hydrogen-bond donors (Lipinski definition) is 1. The van der Waals surface area contributed by atoms with Crippen molar-refractivity contribution >= 4 is 11.6 Å². The predicted octanol–water partition coefficient (Wildman–Crippen LogP) is 4.35. The standard InChI is InChI=1S/C18H20ClNO/c19-16-8-4-5-14(11-16)13-21-18(12-20-17-9-10-17)15-6-2-1-3-7-15/h1-8,11,17-18,20H,9-10,12-13H2. The van der Waals surface area contributed by atoms with Gasteiger partial charge in [0.1, 0.15) is 0 Å². The topological polar surface area (TPSA) is 21.3 Å². The quantitative estimate of drug-likeness (QED) is 0.821. The van der Waals surface area contributed by atoms with Gasteiger partial charge in [-0.25, -0.2) is 0 Å². The molecule has 1 saturated carbocycles. The Balaban J connectivity index is 1.63. The summed E-state index contributed by atoms with van der Waals surface area (Å²) in [7, 11) is 0. The number of hydrogen-bond acceptors (Lipinski definition) is 2. The summed E-state index contributed by atoms with van der Waals surface area (Å²) in [5.74, 6) is 0. The van der Waals surface area contributed by atoms with Crippen molar-refractivity contribution in [3.8, 4) is 0 Å². The first kappa shape index (κ1) is 14.6. The molecule has 2 aromatic rings. The van der Waals surface area contributed by atoms with Crippen molar-refractivity contribution in [2.45, 2.75) is 31.6 Å². The van der Waals surface area contributed by atoms with E-state index in [1.807, 2.05) is 30.3 Å². The Hall–Kier alpha value is -1.35. The van der Waals surface area contributed by atoms with Crippen LogP contribution in [0.25, 0.3) is 0 Å². The molecule has 1 N–H and O–H groups in total. The van der Waals surface area contributed by atoms with Gasteiger partial charge in [0.2, 0.25) is 0 Å². The molecule has 1 aliphatic carbocycles. The van der Waals surface area contributed by atoms with Crippen LogP contribution in [0.4, 0.5) is 0 Å². The minimum atomic E-state index is 0.0748. The van der Waals surface area contributed by atoms with Gasteiger partial charge in [0.15, 0.2) is 0 Å². The maximum atomic E-state index is 6.13. The van der Waals surface area contributed by atoms with E-state index in [0.29, 0.717) is 12.6 Å². The summed E-state index contributed by atoms with van der Waals surface area (Å²) >= 11 is 6.02. The van der Waals surface area contributed by atoms with Crippen LogP contribution < -0.4 is 5.32 Å². The Morgan fingerprint density at radius 1 is 1.10 bits per heavy atom. The third-order valence-electron chi connectivity index (χ3n) is 3.68. The normalized spacial score (nSPS) is 15.9. The van der Waals surface area contributed by atoms with E-state index in [1.165, 1.54) is 18.4 Å². The van der Waals surface area contributed by atoms with Gasteiger partial charge in [-0.3, -0.25) is 0 Å². The third kappa shape index (κ3) is 4.57. The van der Waals surface area contributed by atoms with Gasteiger partial charge in [-0.05, 0) is 36.1 Å². The summed E-state index contributed by atoms with van der Waals surface area (Å²) < 4.78 is 6.13. The highest BCUT2D eigenvalue weighted by Gasteiger charge is 2.22. The van der Waals surface area contributed by atoms with Crippen LogP contribution in [-0.2, 0) is 11.3 Å². The average molecular weight is 302 g/mol. The Morgan fingerprint density at radius 3 is 2.62 bits per heavy atom. The van der Waals surface area contributed by atoms with Gasteiger partial charge >= 0.3 is 0 Å². The lowest BCUT2D eigenvalue weighted by molar-refractivity contribution is 0.0395. The lowest BCUT2D eigenvalue weighted by Crippen LogP contribution is -2.25. The molecular weight excluding hydrogens is 282 g/mol. The molecule has 0 heterocycles. The third-order valence-corrected chi connectivity index (χ3v) is 3.92. The Labute approximate surface area is 131 Å². The second-order valence-electron chi connectivity index (χ2n) is 5.52. The van der Waals surface area contributed by atoms with Gasteiger partial charge in [-0.1, -0.05) is 54.1 Å². The monoisotopic (exact) mass is 301 g/mol. The molecule has 0 radical (unpaired) electrons. The van der Waals surface area contributed by atoms with Crippen molar-refractivity contribution in [1.29, 1.82) is 0 Å². The molecule has 0 spiro atoms. The van der Waals surface area contributed by atoms with E-state index in [2.05, 4.69) is 29.6 Å². The average Bonchev–Trinajstić information content (AvgIpc) is 3.32. The van der Waals surface area contributed by atoms with Gasteiger partial charge in [0, 0.05) is 17.6 Å². The van der Waals surface area contributed by atoms with E-state index in [-0.39, 0.29) is 6.10 Å². The number of ether oxygens (including phenoxy) is 1. The van der Waals surface area contributed by atoms with E-state index in [4.69, 9.17) is 16.3 Å². The first-order chi connectivity index (χ1) is 10.3. The number of nitrogens with one attached hydrogen (secondary N) is 1. The summed E-state index contributed by atoms with van der Waals surface area (Å²) in [6.45, 7) is 1.43. The minimum absolute atomic E-state index is 0.0748. The van der Waals surface area contributed by atoms with Crippen LogP contribution >= 0.6 is 11.6 Å². The van der Waals surface area contributed by atoms with Crippen LogP contribution in [0.15, 0.2) is 54.6 Å². The highest BCUT2D eigenvalue weighted by atomic mass is 35.5. The van der Waals surface area contributed by atoms with Gasteiger partial charge < -0.3 is 10.1 Å². The fourth-order valence-electron chi connectivity index (χ4n) is 2.33. The molecule has 0 saturated heterocycles. The molecule has 1 aliphatic rings. The largest absolute Gasteiger partial charge is 0.368 e. The lowest BCUT2D eigenvalue weighted by atomic mass is 10.1. The fraction of sp³-hybridized carbons (Fsp3) is 0.333. The maximum Gasteiger partial charge on any atom is 0.0953 e. The smallest absolute Gasteiger partial charge is 0.0953 e. The van der Waals surface area contributed by atoms with E-state index in [1.54, 1.807) is 0 Å². The van der Waals surface area contributed by atoms with Crippen molar-refractivity contribution in [1.82, 2.24) is 5.32 Å². The van der Waals surface area contributed by atoms with Gasteiger partial charge in [0.25, 0.3) is 0 Å². The minimum Gasteiger partial charge on any atom is -0.368 e. The molecule has 21 heavy (non-hydrogen) atoms.